The van der Waals surface area contributed by atoms with Crippen molar-refractivity contribution in [3.63, 3.8) is 0 Å². The molecule has 0 saturated carbocycles. The summed E-state index contributed by atoms with van der Waals surface area (Å²) in [6, 6.07) is 3.67. The monoisotopic (exact) mass is 462 g/mol. The molecule has 2 unspecified atom stereocenters. The van der Waals surface area contributed by atoms with Crippen LogP contribution in [-0.2, 0) is 14.3 Å². The summed E-state index contributed by atoms with van der Waals surface area (Å²) in [7, 11) is 0. The molecule has 0 aromatic carbocycles. The first-order chi connectivity index (χ1) is 11.3. The van der Waals surface area contributed by atoms with Crippen molar-refractivity contribution in [1.29, 1.82) is 0 Å². The van der Waals surface area contributed by atoms with E-state index in [0.29, 0.717) is 5.78 Å². The summed E-state index contributed by atoms with van der Waals surface area (Å²) in [6.07, 6.45) is 7.39. The Bertz CT molecular complexity index is 490. The van der Waals surface area contributed by atoms with E-state index in [1.807, 2.05) is 52.0 Å². The fourth-order valence-corrected chi connectivity index (χ4v) is 3.49. The minimum Gasteiger partial charge on any atom is -0.473 e. The molecule has 6 heteroatoms. The zero-order valence-electron chi connectivity index (χ0n) is 14.3. The van der Waals surface area contributed by atoms with Gasteiger partial charge in [-0.1, -0.05) is 57.9 Å². The lowest BCUT2D eigenvalue weighted by Gasteiger charge is -2.30. The van der Waals surface area contributed by atoms with Gasteiger partial charge < -0.3 is 9.15 Å². The van der Waals surface area contributed by atoms with Gasteiger partial charge in [-0.3, -0.25) is 9.59 Å². The van der Waals surface area contributed by atoms with Gasteiger partial charge in [0.2, 0.25) is 0 Å². The normalized spacial score (nSPS) is 29.7. The number of rotatable bonds is 2. The summed E-state index contributed by atoms with van der Waals surface area (Å²) in [5, 5.41) is 0. The summed E-state index contributed by atoms with van der Waals surface area (Å²) in [4.78, 5) is 22.2. The molecule has 134 valence electrons. The van der Waals surface area contributed by atoms with Crippen molar-refractivity contribution in [2.24, 2.45) is 11.8 Å². The number of alkyl halides is 2. The van der Waals surface area contributed by atoms with Crippen molar-refractivity contribution in [2.75, 3.05) is 0 Å². The van der Waals surface area contributed by atoms with Crippen LogP contribution in [0, 0.1) is 11.8 Å². The Morgan fingerprint density at radius 1 is 1.00 bits per heavy atom. The predicted octanol–water partition coefficient (Wildman–Crippen LogP) is 4.57. The number of ether oxygens (including phenoxy) is 1. The van der Waals surface area contributed by atoms with Crippen molar-refractivity contribution in [3.05, 3.63) is 36.8 Å². The standard InChI is InChI=1S/C9H12O2.C5H8Br2O.C4H4O/c1-5-7-3-4-8(11-7)6(2)9(5)10;1-3(6)5(8)4(2)7;1-2-4-5-3-1/h3-8H,1-2H3;3-4H,1-2H3;1-4H/t5-,6+,7+,8-;;. The van der Waals surface area contributed by atoms with E-state index >= 15 is 0 Å². The zero-order valence-corrected chi connectivity index (χ0v) is 17.5. The number of carbonyl (C=O) groups is 2. The van der Waals surface area contributed by atoms with Gasteiger partial charge in [0.25, 0.3) is 0 Å². The second kappa shape index (κ2) is 10.3. The fourth-order valence-electron chi connectivity index (χ4n) is 2.34. The van der Waals surface area contributed by atoms with Crippen molar-refractivity contribution < 1.29 is 18.7 Å². The van der Waals surface area contributed by atoms with Crippen LogP contribution in [0.4, 0.5) is 0 Å². The number of furan rings is 1. The first-order valence-electron chi connectivity index (χ1n) is 7.92. The van der Waals surface area contributed by atoms with Crippen molar-refractivity contribution >= 4 is 43.4 Å². The van der Waals surface area contributed by atoms with Gasteiger partial charge in [0.15, 0.2) is 5.78 Å². The van der Waals surface area contributed by atoms with Gasteiger partial charge >= 0.3 is 0 Å². The molecule has 0 spiro atoms. The molecular formula is C18H24Br2O4. The van der Waals surface area contributed by atoms with Gasteiger partial charge in [0.05, 0.1) is 34.4 Å². The second-order valence-electron chi connectivity index (χ2n) is 5.86. The van der Waals surface area contributed by atoms with Gasteiger partial charge in [0.1, 0.15) is 5.78 Å². The molecule has 3 rings (SSSR count). The van der Waals surface area contributed by atoms with Crippen molar-refractivity contribution in [1.82, 2.24) is 0 Å². The van der Waals surface area contributed by atoms with Crippen LogP contribution >= 0.6 is 31.9 Å². The molecule has 0 radical (unpaired) electrons. The summed E-state index contributed by atoms with van der Waals surface area (Å²) in [5.41, 5.74) is 0. The summed E-state index contributed by atoms with van der Waals surface area (Å²) in [6.45, 7) is 7.52. The lowest BCUT2D eigenvalue weighted by atomic mass is 9.88. The smallest absolute Gasteiger partial charge is 0.159 e. The third kappa shape index (κ3) is 6.30. The Morgan fingerprint density at radius 3 is 1.67 bits per heavy atom. The molecule has 2 bridgehead atoms. The third-order valence-electron chi connectivity index (χ3n) is 3.90. The van der Waals surface area contributed by atoms with E-state index in [9.17, 15) is 9.59 Å². The van der Waals surface area contributed by atoms with Crippen molar-refractivity contribution in [3.8, 4) is 0 Å². The molecule has 2 aliphatic heterocycles. The molecule has 1 aromatic heterocycles. The maximum atomic E-state index is 11.5. The van der Waals surface area contributed by atoms with Crippen LogP contribution in [0.1, 0.15) is 27.7 Å². The van der Waals surface area contributed by atoms with Crippen LogP contribution in [0.15, 0.2) is 41.2 Å². The highest BCUT2D eigenvalue weighted by Crippen LogP contribution is 2.32. The van der Waals surface area contributed by atoms with Gasteiger partial charge in [-0.2, -0.15) is 0 Å². The van der Waals surface area contributed by atoms with E-state index in [4.69, 9.17) is 4.74 Å². The van der Waals surface area contributed by atoms with Crippen LogP contribution in [0.25, 0.3) is 0 Å². The molecule has 3 heterocycles. The van der Waals surface area contributed by atoms with Crippen LogP contribution < -0.4 is 0 Å². The SMILES string of the molecule is CC(Br)C(=O)C(C)Br.C[C@@H]1C(=O)[C@H](C)[C@@H]2C=C[C@H]1O2.c1ccoc1. The predicted molar refractivity (Wildman–Crippen MR) is 102 cm³/mol. The average molecular weight is 464 g/mol. The Labute approximate surface area is 160 Å². The van der Waals surface area contributed by atoms with Crippen LogP contribution in [0.2, 0.25) is 0 Å². The van der Waals surface area contributed by atoms with E-state index in [-0.39, 0.29) is 39.5 Å². The van der Waals surface area contributed by atoms with E-state index in [1.165, 1.54) is 0 Å². The Kier molecular flexibility index (Phi) is 9.16. The number of halogens is 2. The molecule has 1 fully saturated rings. The lowest BCUT2D eigenvalue weighted by Crippen LogP contribution is -2.40. The van der Waals surface area contributed by atoms with Crippen LogP contribution in [-0.4, -0.2) is 33.4 Å². The van der Waals surface area contributed by atoms with Gasteiger partial charge in [0, 0.05) is 11.8 Å². The molecule has 0 amide bonds. The lowest BCUT2D eigenvalue weighted by molar-refractivity contribution is -0.142. The van der Waals surface area contributed by atoms with E-state index in [1.54, 1.807) is 12.5 Å². The number of hydrogen-bond acceptors (Lipinski definition) is 4. The van der Waals surface area contributed by atoms with E-state index in [2.05, 4.69) is 36.3 Å². The van der Waals surface area contributed by atoms with E-state index < -0.39 is 0 Å². The molecule has 6 atom stereocenters. The summed E-state index contributed by atoms with van der Waals surface area (Å²) in [5.74, 6) is 0.640. The first-order valence-corrected chi connectivity index (χ1v) is 9.75. The molecule has 1 saturated heterocycles. The quantitative estimate of drug-likeness (QED) is 0.476. The molecular weight excluding hydrogens is 440 g/mol. The highest BCUT2D eigenvalue weighted by atomic mass is 79.9. The van der Waals surface area contributed by atoms with Gasteiger partial charge in [-0.25, -0.2) is 0 Å². The second-order valence-corrected chi connectivity index (χ2v) is 8.60. The minimum atomic E-state index is -0.0307. The largest absolute Gasteiger partial charge is 0.473 e. The number of hydrogen-bond donors (Lipinski definition) is 0. The Hall–Kier alpha value is -0.720. The molecule has 0 N–H and O–H groups in total. The number of ketones is 2. The van der Waals surface area contributed by atoms with Crippen molar-refractivity contribution in [2.45, 2.75) is 49.6 Å². The minimum absolute atomic E-state index is 0.0307. The fraction of sp³-hybridized carbons (Fsp3) is 0.556. The maximum absolute atomic E-state index is 11.5. The Morgan fingerprint density at radius 2 is 1.42 bits per heavy atom. The topological polar surface area (TPSA) is 56.5 Å². The molecule has 1 aromatic rings. The maximum Gasteiger partial charge on any atom is 0.159 e. The highest BCUT2D eigenvalue weighted by Gasteiger charge is 2.41. The third-order valence-corrected chi connectivity index (χ3v) is 4.80. The number of fused-ring (bicyclic) bond motifs is 2. The summed E-state index contributed by atoms with van der Waals surface area (Å²) < 4.78 is 10.1. The highest BCUT2D eigenvalue weighted by molar-refractivity contribution is 9.10. The van der Waals surface area contributed by atoms with Crippen LogP contribution in [0.5, 0.6) is 0 Å². The van der Waals surface area contributed by atoms with Gasteiger partial charge in [-0.05, 0) is 26.0 Å². The number of Topliss-reactive ketones (excluding diaryl/α,β-unsaturated/α-hetero) is 2. The first kappa shape index (κ1) is 21.3. The molecule has 0 aliphatic carbocycles. The number of carbonyl (C=O) groups excluding carboxylic acids is 2. The zero-order chi connectivity index (χ0) is 18.3. The van der Waals surface area contributed by atoms with E-state index in [0.717, 1.165) is 0 Å². The molecule has 24 heavy (non-hydrogen) atoms. The summed E-state index contributed by atoms with van der Waals surface area (Å²) >= 11 is 6.32. The Balaban J connectivity index is 0.000000195. The average Bonchev–Trinajstić information content (AvgIpc) is 3.24. The molecule has 4 nitrogen and oxygen atoms in total. The van der Waals surface area contributed by atoms with Gasteiger partial charge in [-0.15, -0.1) is 0 Å². The molecule has 2 aliphatic rings. The van der Waals surface area contributed by atoms with Crippen LogP contribution in [0.3, 0.4) is 0 Å².